The lowest BCUT2D eigenvalue weighted by Gasteiger charge is -2.30. The van der Waals surface area contributed by atoms with Crippen LogP contribution in [0.25, 0.3) is 0 Å². The number of esters is 1. The first-order valence-electron chi connectivity index (χ1n) is 32.2. The zero-order valence-electron chi connectivity index (χ0n) is 51.8. The summed E-state index contributed by atoms with van der Waals surface area (Å²) in [5.41, 5.74) is 0. The van der Waals surface area contributed by atoms with Crippen molar-refractivity contribution in [3.63, 3.8) is 0 Å². The summed E-state index contributed by atoms with van der Waals surface area (Å²) in [5, 5.41) is 3.01. The van der Waals surface area contributed by atoms with E-state index in [1.165, 1.54) is 109 Å². The molecule has 79 heavy (non-hydrogen) atoms. The Hall–Kier alpha value is -3.33. The first-order valence-corrected chi connectivity index (χ1v) is 33.7. The van der Waals surface area contributed by atoms with Gasteiger partial charge in [-0.2, -0.15) is 0 Å². The Morgan fingerprint density at radius 2 is 0.772 bits per heavy atom. The number of nitrogens with one attached hydrogen (secondary N) is 1. The van der Waals surface area contributed by atoms with Crippen molar-refractivity contribution in [2.45, 2.75) is 277 Å². The molecule has 10 heteroatoms. The molecule has 0 aliphatic rings. The number of amides is 1. The van der Waals surface area contributed by atoms with Crippen LogP contribution in [-0.4, -0.2) is 69.4 Å². The van der Waals surface area contributed by atoms with Crippen molar-refractivity contribution in [2.75, 3.05) is 40.9 Å². The van der Waals surface area contributed by atoms with Crippen molar-refractivity contribution >= 4 is 19.7 Å². The van der Waals surface area contributed by atoms with Crippen molar-refractivity contribution in [3.05, 3.63) is 109 Å². The number of quaternary nitrogens is 1. The number of carbonyl (C=O) groups is 2. The average Bonchev–Trinajstić information content (AvgIpc) is 3.41. The van der Waals surface area contributed by atoms with E-state index in [1.54, 1.807) is 0 Å². The summed E-state index contributed by atoms with van der Waals surface area (Å²) < 4.78 is 30.3. The fourth-order valence-electron chi connectivity index (χ4n) is 8.66. The third kappa shape index (κ3) is 59.1. The summed E-state index contributed by atoms with van der Waals surface area (Å²) in [4.78, 5) is 40.1. The number of ether oxygens (including phenoxy) is 1. The predicted octanol–water partition coefficient (Wildman–Crippen LogP) is 19.5. The minimum Gasteiger partial charge on any atom is -0.756 e. The Morgan fingerprint density at radius 1 is 0.443 bits per heavy atom. The fourth-order valence-corrected chi connectivity index (χ4v) is 9.39. The molecule has 0 aromatic carbocycles. The van der Waals surface area contributed by atoms with Crippen LogP contribution in [0.5, 0.6) is 0 Å². The molecule has 0 spiro atoms. The number of phosphoric acid groups is 1. The highest BCUT2D eigenvalue weighted by Gasteiger charge is 2.27. The number of nitrogens with zero attached hydrogens (tertiary/aromatic N) is 1. The van der Waals surface area contributed by atoms with Gasteiger partial charge in [0.25, 0.3) is 7.82 Å². The van der Waals surface area contributed by atoms with Crippen LogP contribution in [0.3, 0.4) is 0 Å². The molecule has 0 saturated heterocycles. The second kappa shape index (κ2) is 57.9. The minimum atomic E-state index is -4.72. The van der Waals surface area contributed by atoms with Crippen molar-refractivity contribution in [1.82, 2.24) is 5.32 Å². The van der Waals surface area contributed by atoms with E-state index in [9.17, 15) is 19.0 Å². The Kier molecular flexibility index (Phi) is 55.4. The van der Waals surface area contributed by atoms with Gasteiger partial charge in [0.1, 0.15) is 19.3 Å². The number of hydrogen-bond acceptors (Lipinski definition) is 7. The molecule has 1 N–H and O–H groups in total. The fraction of sp³-hybridized carbons (Fsp3) is 0.710. The van der Waals surface area contributed by atoms with E-state index in [0.717, 1.165) is 109 Å². The topological polar surface area (TPSA) is 114 Å². The summed E-state index contributed by atoms with van der Waals surface area (Å²) in [6.45, 7) is 6.75. The molecule has 3 atom stereocenters. The minimum absolute atomic E-state index is 0.0371. The van der Waals surface area contributed by atoms with Gasteiger partial charge in [0, 0.05) is 12.8 Å². The normalized spacial score (nSPS) is 14.4. The third-order valence-electron chi connectivity index (χ3n) is 13.7. The lowest BCUT2D eigenvalue weighted by Crippen LogP contribution is -2.47. The van der Waals surface area contributed by atoms with Gasteiger partial charge in [0.15, 0.2) is 0 Å². The average molecular weight is 1120 g/mol. The van der Waals surface area contributed by atoms with Gasteiger partial charge in [0.2, 0.25) is 5.91 Å². The van der Waals surface area contributed by atoms with Gasteiger partial charge in [-0.15, -0.1) is 0 Å². The van der Waals surface area contributed by atoms with Gasteiger partial charge >= 0.3 is 5.97 Å². The summed E-state index contributed by atoms with van der Waals surface area (Å²) in [6, 6.07) is -0.919. The van der Waals surface area contributed by atoms with Gasteiger partial charge in [0.05, 0.1) is 33.8 Å². The number of hydrogen-bond donors (Lipinski definition) is 1. The summed E-state index contributed by atoms with van der Waals surface area (Å²) >= 11 is 0. The SMILES string of the molecule is CCCCC/C=C\C/C=C\C/C=C\C/C=C\CCCCCCCC(=O)NC(COP(=O)([O-])OCC[N+](C)(C)C)C(/C=C/CCCCCCCCCCCCC)OC(=O)CCCCC/C=C\C/C=C\C/C=C\C/C=C\CCCCC. The Morgan fingerprint density at radius 3 is 1.19 bits per heavy atom. The van der Waals surface area contributed by atoms with E-state index in [4.69, 9.17) is 13.8 Å². The maximum atomic E-state index is 13.6. The molecule has 1 amide bonds. The largest absolute Gasteiger partial charge is 0.756 e. The lowest BCUT2D eigenvalue weighted by molar-refractivity contribution is -0.870. The number of allylic oxidation sites excluding steroid dienone is 17. The van der Waals surface area contributed by atoms with E-state index >= 15 is 0 Å². The molecule has 0 aliphatic carbocycles. The molecule has 0 rings (SSSR count). The molecule has 454 valence electrons. The molecule has 3 unspecified atom stereocenters. The van der Waals surface area contributed by atoms with Crippen LogP contribution < -0.4 is 10.2 Å². The van der Waals surface area contributed by atoms with E-state index in [2.05, 4.69) is 123 Å². The number of carbonyl (C=O) groups excluding carboxylic acids is 2. The Balaban J connectivity index is 5.37. The van der Waals surface area contributed by atoms with E-state index in [1.807, 2.05) is 33.3 Å². The number of rotatable bonds is 57. The first-order chi connectivity index (χ1) is 38.4. The Bertz CT molecular complexity index is 1720. The van der Waals surface area contributed by atoms with Gasteiger partial charge < -0.3 is 28.5 Å². The van der Waals surface area contributed by atoms with E-state index in [-0.39, 0.29) is 31.3 Å². The molecule has 0 aliphatic heterocycles. The number of likely N-dealkylation sites (N-methyl/N-ethyl adjacent to an activating group) is 1. The summed E-state index contributed by atoms with van der Waals surface area (Å²) in [5.74, 6) is -0.602. The van der Waals surface area contributed by atoms with Crippen molar-refractivity contribution in [1.29, 1.82) is 0 Å². The third-order valence-corrected chi connectivity index (χ3v) is 14.6. The molecule has 0 heterocycles. The maximum Gasteiger partial charge on any atom is 0.306 e. The van der Waals surface area contributed by atoms with Crippen LogP contribution in [-0.2, 0) is 27.9 Å². The predicted molar refractivity (Wildman–Crippen MR) is 339 cm³/mol. The van der Waals surface area contributed by atoms with E-state index in [0.29, 0.717) is 23.9 Å². The second-order valence-corrected chi connectivity index (χ2v) is 24.0. The molecular formula is C69H121N2O7P. The monoisotopic (exact) mass is 1120 g/mol. The quantitative estimate of drug-likeness (QED) is 0.0212. The molecule has 0 fully saturated rings. The molecule has 0 radical (unpaired) electrons. The highest BCUT2D eigenvalue weighted by molar-refractivity contribution is 7.45. The molecular weight excluding hydrogens is 1000 g/mol. The lowest BCUT2D eigenvalue weighted by atomic mass is 10.0. The van der Waals surface area contributed by atoms with Gasteiger partial charge in [-0.25, -0.2) is 0 Å². The molecule has 0 aromatic heterocycles. The van der Waals surface area contributed by atoms with Gasteiger partial charge in [-0.3, -0.25) is 14.2 Å². The Labute approximate surface area is 487 Å². The first kappa shape index (κ1) is 75.7. The molecule has 0 bridgehead atoms. The smallest absolute Gasteiger partial charge is 0.306 e. The van der Waals surface area contributed by atoms with Crippen molar-refractivity contribution in [2.24, 2.45) is 0 Å². The number of unbranched alkanes of at least 4 members (excludes halogenated alkanes) is 25. The maximum absolute atomic E-state index is 13.6. The second-order valence-electron chi connectivity index (χ2n) is 22.6. The number of phosphoric ester groups is 1. The molecule has 0 saturated carbocycles. The van der Waals surface area contributed by atoms with Crippen LogP contribution >= 0.6 is 7.82 Å². The van der Waals surface area contributed by atoms with Crippen LogP contribution in [0.15, 0.2) is 109 Å². The van der Waals surface area contributed by atoms with Crippen LogP contribution in [0.2, 0.25) is 0 Å². The van der Waals surface area contributed by atoms with E-state index < -0.39 is 26.6 Å². The standard InChI is InChI=1S/C69H121N2O7P/c1-7-10-13-16-19-22-25-28-30-32-34-35-37-38-40-43-46-49-52-55-58-61-68(72)70-66(65-77-79(74,75)76-64-63-71(4,5)6)67(60-57-54-51-48-45-42-27-24-21-18-15-12-9-3)78-69(73)62-59-56-53-50-47-44-41-39-36-33-31-29-26-23-20-17-14-11-8-2/h19-20,22-23,28-31,34-36,38-40,44,47,57,60,66-67H,7-18,21,24-27,32-33,37,41-43,45-46,48-56,58-59,61-65H2,1-6H3,(H-,70,72,74,75)/b22-19-,23-20-,30-28-,31-29-,35-34-,39-36-,40-38-,47-44-,60-57+. The van der Waals surface area contributed by atoms with Gasteiger partial charge in [-0.05, 0) is 122 Å². The van der Waals surface area contributed by atoms with Crippen molar-refractivity contribution in [3.8, 4) is 0 Å². The zero-order chi connectivity index (χ0) is 57.9. The summed E-state index contributed by atoms with van der Waals surface area (Å²) in [7, 11) is 1.14. The van der Waals surface area contributed by atoms with Crippen molar-refractivity contribution < 1.29 is 37.3 Å². The van der Waals surface area contributed by atoms with Gasteiger partial charge in [-0.1, -0.05) is 240 Å². The van der Waals surface area contributed by atoms with Crippen LogP contribution in [0.4, 0.5) is 0 Å². The zero-order valence-corrected chi connectivity index (χ0v) is 52.7. The van der Waals surface area contributed by atoms with Crippen LogP contribution in [0.1, 0.15) is 265 Å². The molecule has 9 nitrogen and oxygen atoms in total. The highest BCUT2D eigenvalue weighted by atomic mass is 31.2. The summed E-state index contributed by atoms with van der Waals surface area (Å²) in [6.07, 6.45) is 79.1. The highest BCUT2D eigenvalue weighted by Crippen LogP contribution is 2.38. The van der Waals surface area contributed by atoms with Crippen LogP contribution in [0, 0.1) is 0 Å². The molecule has 0 aromatic rings.